The first-order chi connectivity index (χ1) is 23.5. The number of hydrogen-bond donors (Lipinski definition) is 0. The lowest BCUT2D eigenvalue weighted by Gasteiger charge is -2.12. The molecule has 0 aliphatic carbocycles. The van der Waals surface area contributed by atoms with E-state index in [0.29, 0.717) is 35.2 Å². The molecule has 2 heterocycles. The highest BCUT2D eigenvalue weighted by Gasteiger charge is 2.20. The molecule has 0 saturated heterocycles. The summed E-state index contributed by atoms with van der Waals surface area (Å²) in [5, 5.41) is 0. The Hall–Kier alpha value is -5.50. The third-order valence-corrected chi connectivity index (χ3v) is 8.72. The van der Waals surface area contributed by atoms with Gasteiger partial charge in [-0.1, -0.05) is 123 Å². The molecule has 6 aromatic rings. The molecule has 0 unspecified atom stereocenters. The number of fused-ring (bicyclic) bond motifs is 2. The summed E-state index contributed by atoms with van der Waals surface area (Å²) < 4.78 is 3.39. The van der Waals surface area contributed by atoms with E-state index in [2.05, 4.69) is 9.97 Å². The van der Waals surface area contributed by atoms with E-state index >= 15 is 0 Å². The van der Waals surface area contributed by atoms with Gasteiger partial charge in [0.1, 0.15) is 0 Å². The maximum atomic E-state index is 13.4. The molecule has 0 atom stereocenters. The molecule has 8 heteroatoms. The second-order valence-electron chi connectivity index (χ2n) is 12.0. The molecule has 0 bridgehead atoms. The number of benzene rings is 4. The van der Waals surface area contributed by atoms with Crippen molar-refractivity contribution < 1.29 is 9.59 Å². The standard InChI is InChI=1S/C40H38N4O4/c45-37(29-19-9-7-10-20-29)35-39(47)43(33-25-15-13-23-31(33)41-35)27-17-5-3-1-2-4-6-18-28-44-34-26-16-14-24-32(34)42-36(40(44)48)38(46)30-21-11-8-12-22-30/h7-16,19-26H,1-6,17-18,27-28H2. The van der Waals surface area contributed by atoms with E-state index in [0.717, 1.165) is 62.4 Å². The van der Waals surface area contributed by atoms with Crippen molar-refractivity contribution in [2.45, 2.75) is 64.5 Å². The largest absolute Gasteiger partial charge is 0.305 e. The highest BCUT2D eigenvalue weighted by atomic mass is 16.2. The number of hydrogen-bond acceptors (Lipinski definition) is 6. The molecule has 0 saturated carbocycles. The summed E-state index contributed by atoms with van der Waals surface area (Å²) >= 11 is 0. The molecular weight excluding hydrogens is 600 g/mol. The molecule has 0 radical (unpaired) electrons. The van der Waals surface area contributed by atoms with Crippen LogP contribution in [0.4, 0.5) is 0 Å². The van der Waals surface area contributed by atoms with Crippen molar-refractivity contribution in [2.24, 2.45) is 0 Å². The van der Waals surface area contributed by atoms with Gasteiger partial charge in [-0.05, 0) is 37.1 Å². The van der Waals surface area contributed by atoms with Gasteiger partial charge in [0.25, 0.3) is 11.1 Å². The van der Waals surface area contributed by atoms with Gasteiger partial charge in [-0.2, -0.15) is 0 Å². The number of nitrogens with zero attached hydrogens (tertiary/aromatic N) is 4. The zero-order valence-corrected chi connectivity index (χ0v) is 26.9. The van der Waals surface area contributed by atoms with Gasteiger partial charge in [-0.3, -0.25) is 19.2 Å². The lowest BCUT2D eigenvalue weighted by atomic mass is 10.1. The SMILES string of the molecule is O=C(c1ccccc1)c1nc2ccccc2n(CCCCCCCCCCn2c(=O)c(C(=O)c3ccccc3)nc3ccccc32)c1=O. The van der Waals surface area contributed by atoms with E-state index in [-0.39, 0.29) is 34.1 Å². The van der Waals surface area contributed by atoms with Gasteiger partial charge < -0.3 is 9.13 Å². The number of para-hydroxylation sites is 4. The summed E-state index contributed by atoms with van der Waals surface area (Å²) in [5.74, 6) is -0.716. The maximum absolute atomic E-state index is 13.4. The Morgan fingerprint density at radius 3 is 1.17 bits per heavy atom. The van der Waals surface area contributed by atoms with Crippen LogP contribution in [-0.2, 0) is 13.1 Å². The van der Waals surface area contributed by atoms with Crippen molar-refractivity contribution in [3.8, 4) is 0 Å². The minimum absolute atomic E-state index is 0.0408. The molecule has 6 rings (SSSR count). The van der Waals surface area contributed by atoms with Crippen LogP contribution in [0.1, 0.15) is 83.5 Å². The fourth-order valence-electron chi connectivity index (χ4n) is 6.18. The molecule has 48 heavy (non-hydrogen) atoms. The molecule has 2 aromatic heterocycles. The summed E-state index contributed by atoms with van der Waals surface area (Å²) in [4.78, 5) is 62.0. The van der Waals surface area contributed by atoms with Crippen LogP contribution in [0.25, 0.3) is 22.1 Å². The second kappa shape index (κ2) is 15.4. The Balaban J connectivity index is 0.996. The van der Waals surface area contributed by atoms with Crippen LogP contribution in [0.3, 0.4) is 0 Å². The molecule has 242 valence electrons. The topological polar surface area (TPSA) is 104 Å². The predicted octanol–water partition coefficient (Wildman–Crippen LogP) is 7.39. The van der Waals surface area contributed by atoms with Crippen molar-refractivity contribution in [2.75, 3.05) is 0 Å². The van der Waals surface area contributed by atoms with E-state index in [1.807, 2.05) is 60.7 Å². The van der Waals surface area contributed by atoms with E-state index in [9.17, 15) is 19.2 Å². The first kappa shape index (κ1) is 32.4. The van der Waals surface area contributed by atoms with Crippen LogP contribution < -0.4 is 11.1 Å². The zero-order valence-electron chi connectivity index (χ0n) is 26.9. The second-order valence-corrected chi connectivity index (χ2v) is 12.0. The van der Waals surface area contributed by atoms with E-state index in [4.69, 9.17) is 0 Å². The zero-order chi connectivity index (χ0) is 33.3. The third-order valence-electron chi connectivity index (χ3n) is 8.72. The minimum Gasteiger partial charge on any atom is -0.305 e. The molecule has 4 aromatic carbocycles. The number of carbonyl (C=O) groups is 2. The fourth-order valence-corrected chi connectivity index (χ4v) is 6.18. The average Bonchev–Trinajstić information content (AvgIpc) is 3.13. The van der Waals surface area contributed by atoms with E-state index in [1.165, 1.54) is 0 Å². The maximum Gasteiger partial charge on any atom is 0.281 e. The van der Waals surface area contributed by atoms with E-state index in [1.54, 1.807) is 57.7 Å². The van der Waals surface area contributed by atoms with Gasteiger partial charge in [-0.15, -0.1) is 0 Å². The average molecular weight is 639 g/mol. The summed E-state index contributed by atoms with van der Waals surface area (Å²) in [6.45, 7) is 1.06. The van der Waals surface area contributed by atoms with Crippen molar-refractivity contribution >= 4 is 33.6 Å². The van der Waals surface area contributed by atoms with E-state index < -0.39 is 0 Å². The van der Waals surface area contributed by atoms with Gasteiger partial charge >= 0.3 is 0 Å². The molecule has 0 fully saturated rings. The highest BCUT2D eigenvalue weighted by Crippen LogP contribution is 2.17. The van der Waals surface area contributed by atoms with Gasteiger partial charge in [0, 0.05) is 24.2 Å². The molecular formula is C40H38N4O4. The van der Waals surface area contributed by atoms with Gasteiger partial charge in [0.15, 0.2) is 11.4 Å². The van der Waals surface area contributed by atoms with Crippen LogP contribution in [-0.4, -0.2) is 30.7 Å². The van der Waals surface area contributed by atoms with Crippen LogP contribution in [0.15, 0.2) is 119 Å². The van der Waals surface area contributed by atoms with Crippen LogP contribution in [0.2, 0.25) is 0 Å². The number of ketones is 2. The Kier molecular flexibility index (Phi) is 10.4. The Morgan fingerprint density at radius 1 is 0.438 bits per heavy atom. The predicted molar refractivity (Wildman–Crippen MR) is 189 cm³/mol. The van der Waals surface area contributed by atoms with Crippen molar-refractivity contribution in [3.05, 3.63) is 152 Å². The van der Waals surface area contributed by atoms with Crippen LogP contribution >= 0.6 is 0 Å². The number of aryl methyl sites for hydroxylation is 2. The number of unbranched alkanes of at least 4 members (excludes halogenated alkanes) is 7. The summed E-state index contributed by atoms with van der Waals surface area (Å²) in [6.07, 6.45) is 7.86. The van der Waals surface area contributed by atoms with Crippen molar-refractivity contribution in [1.82, 2.24) is 19.1 Å². The van der Waals surface area contributed by atoms with Gasteiger partial charge in [0.05, 0.1) is 22.1 Å². The van der Waals surface area contributed by atoms with Gasteiger partial charge in [-0.25, -0.2) is 9.97 Å². The fraction of sp³-hybridized carbons (Fsp3) is 0.250. The number of carbonyl (C=O) groups excluding carboxylic acids is 2. The van der Waals surface area contributed by atoms with Crippen molar-refractivity contribution in [3.63, 3.8) is 0 Å². The normalized spacial score (nSPS) is 11.2. The molecule has 0 aliphatic rings. The quantitative estimate of drug-likeness (QED) is 0.0858. The highest BCUT2D eigenvalue weighted by molar-refractivity contribution is 6.08. The summed E-state index contributed by atoms with van der Waals surface area (Å²) in [6, 6.07) is 32.5. The Labute approximate surface area is 278 Å². The number of rotatable bonds is 15. The first-order valence-electron chi connectivity index (χ1n) is 16.7. The lowest BCUT2D eigenvalue weighted by molar-refractivity contribution is 0.102. The summed E-state index contributed by atoms with van der Waals surface area (Å²) in [5.41, 5.74) is 2.88. The number of aromatic nitrogens is 4. The Morgan fingerprint density at radius 2 is 0.771 bits per heavy atom. The minimum atomic E-state index is -0.358. The third kappa shape index (κ3) is 7.23. The molecule has 0 N–H and O–H groups in total. The molecule has 0 spiro atoms. The van der Waals surface area contributed by atoms with Crippen molar-refractivity contribution in [1.29, 1.82) is 0 Å². The first-order valence-corrected chi connectivity index (χ1v) is 16.7. The lowest BCUT2D eigenvalue weighted by Crippen LogP contribution is -2.29. The van der Waals surface area contributed by atoms with Crippen LogP contribution in [0, 0.1) is 0 Å². The molecule has 0 amide bonds. The van der Waals surface area contributed by atoms with Crippen LogP contribution in [0.5, 0.6) is 0 Å². The molecule has 0 aliphatic heterocycles. The summed E-state index contributed by atoms with van der Waals surface area (Å²) in [7, 11) is 0. The molecule has 8 nitrogen and oxygen atoms in total. The Bertz CT molecular complexity index is 2020. The van der Waals surface area contributed by atoms with Gasteiger partial charge in [0.2, 0.25) is 11.6 Å². The smallest absolute Gasteiger partial charge is 0.281 e. The monoisotopic (exact) mass is 638 g/mol.